The topological polar surface area (TPSA) is 22.6 Å². The SMILES string of the molecule is CC1=C(C)N(c2[c-]c3c(cc2)-c2ccccc2N2B3c3[c-]c(-c4cc(C)ccn4)ccc3-c3ccccc32)[CH-]N1C.[Pd]. The Morgan fingerprint density at radius 1 is 0.714 bits per heavy atom. The second kappa shape index (κ2) is 10.0. The number of para-hydroxylation sites is 2. The predicted octanol–water partition coefficient (Wildman–Crippen LogP) is 6.68. The summed E-state index contributed by atoms with van der Waals surface area (Å²) in [6.07, 6.45) is 1.88. The number of benzene rings is 4. The molecule has 0 unspecified atom stereocenters. The van der Waals surface area contributed by atoms with Crippen molar-refractivity contribution in [2.75, 3.05) is 16.8 Å². The molecule has 0 amide bonds. The smallest absolute Gasteiger partial charge is 0.285 e. The van der Waals surface area contributed by atoms with Gasteiger partial charge in [0.2, 0.25) is 0 Å². The zero-order valence-electron chi connectivity index (χ0n) is 23.9. The number of pyridine rings is 1. The number of anilines is 3. The van der Waals surface area contributed by atoms with E-state index in [9.17, 15) is 0 Å². The maximum absolute atomic E-state index is 4.70. The van der Waals surface area contributed by atoms with Crippen LogP contribution in [0.2, 0.25) is 0 Å². The average molecular weight is 634 g/mol. The Hall–Kier alpha value is -4.10. The molecule has 42 heavy (non-hydrogen) atoms. The number of allylic oxidation sites excluding steroid dienone is 2. The van der Waals surface area contributed by atoms with Crippen LogP contribution in [0, 0.1) is 25.7 Å². The van der Waals surface area contributed by atoms with Crippen molar-refractivity contribution in [1.29, 1.82) is 0 Å². The summed E-state index contributed by atoms with van der Waals surface area (Å²) < 4.78 is 0. The number of rotatable bonds is 2. The van der Waals surface area contributed by atoms with E-state index in [1.54, 1.807) is 0 Å². The minimum Gasteiger partial charge on any atom is -0.508 e. The molecule has 6 heteroatoms. The second-order valence-corrected chi connectivity index (χ2v) is 11.2. The molecule has 0 radical (unpaired) electrons. The Morgan fingerprint density at radius 2 is 1.36 bits per heavy atom. The van der Waals surface area contributed by atoms with Crippen LogP contribution in [-0.4, -0.2) is 23.8 Å². The summed E-state index contributed by atoms with van der Waals surface area (Å²) in [6.45, 7) is 8.50. The molecule has 1 aromatic heterocycles. The summed E-state index contributed by atoms with van der Waals surface area (Å²) in [5, 5.41) is 0. The first-order valence-corrected chi connectivity index (χ1v) is 14.1. The van der Waals surface area contributed by atoms with Gasteiger partial charge in [-0.15, -0.1) is 52.1 Å². The first kappa shape index (κ1) is 26.8. The maximum Gasteiger partial charge on any atom is 0.285 e. The Balaban J connectivity index is 0.00000288. The summed E-state index contributed by atoms with van der Waals surface area (Å²) in [6, 6.07) is 38.3. The van der Waals surface area contributed by atoms with E-state index in [1.807, 2.05) is 12.3 Å². The molecule has 4 nitrogen and oxygen atoms in total. The van der Waals surface area contributed by atoms with Crippen molar-refractivity contribution in [2.24, 2.45) is 0 Å². The zero-order valence-corrected chi connectivity index (χ0v) is 25.5. The van der Waals surface area contributed by atoms with Crippen LogP contribution in [0.3, 0.4) is 0 Å². The summed E-state index contributed by atoms with van der Waals surface area (Å²) in [5.74, 6) is 0. The minimum atomic E-state index is -0.0831. The number of nitrogens with zero attached hydrogens (tertiary/aromatic N) is 4. The van der Waals surface area contributed by atoms with E-state index in [-0.39, 0.29) is 27.3 Å². The van der Waals surface area contributed by atoms with Crippen molar-refractivity contribution in [2.45, 2.75) is 20.8 Å². The van der Waals surface area contributed by atoms with E-state index in [0.29, 0.717) is 0 Å². The van der Waals surface area contributed by atoms with E-state index in [1.165, 1.54) is 50.6 Å². The van der Waals surface area contributed by atoms with Gasteiger partial charge in [-0.05, 0) is 63.0 Å². The normalized spacial score (nSPS) is 14.6. The molecule has 0 fully saturated rings. The molecule has 208 valence electrons. The van der Waals surface area contributed by atoms with E-state index in [2.05, 4.69) is 140 Å². The molecule has 0 aliphatic carbocycles. The third-order valence-corrected chi connectivity index (χ3v) is 8.80. The van der Waals surface area contributed by atoms with Crippen molar-refractivity contribution < 1.29 is 20.4 Å². The molecule has 4 heterocycles. The number of aryl methyl sites for hydroxylation is 1. The molecule has 3 aliphatic heterocycles. The quantitative estimate of drug-likeness (QED) is 0.160. The van der Waals surface area contributed by atoms with Gasteiger partial charge in [0.05, 0.1) is 0 Å². The summed E-state index contributed by atoms with van der Waals surface area (Å²) in [5.41, 5.74) is 16.2. The van der Waals surface area contributed by atoms with Gasteiger partial charge in [-0.25, -0.2) is 0 Å². The van der Waals surface area contributed by atoms with Gasteiger partial charge in [-0.3, -0.25) is 0 Å². The van der Waals surface area contributed by atoms with Crippen molar-refractivity contribution in [3.05, 3.63) is 127 Å². The number of hydrogen-bond donors (Lipinski definition) is 0. The fraction of sp³-hybridized carbons (Fsp3) is 0.111. The molecule has 0 N–H and O–H groups in total. The van der Waals surface area contributed by atoms with Crippen molar-refractivity contribution in [3.8, 4) is 33.5 Å². The predicted molar refractivity (Wildman–Crippen MR) is 169 cm³/mol. The van der Waals surface area contributed by atoms with Gasteiger partial charge in [0.15, 0.2) is 0 Å². The third kappa shape index (κ3) is 3.90. The molecule has 0 atom stereocenters. The largest absolute Gasteiger partial charge is 0.508 e. The Morgan fingerprint density at radius 3 is 2.00 bits per heavy atom. The zero-order chi connectivity index (χ0) is 27.8. The van der Waals surface area contributed by atoms with Crippen LogP contribution in [0.15, 0.2) is 103 Å². The Labute approximate surface area is 262 Å². The van der Waals surface area contributed by atoms with Gasteiger partial charge in [-0.2, -0.15) is 24.3 Å². The van der Waals surface area contributed by atoms with E-state index >= 15 is 0 Å². The maximum atomic E-state index is 4.70. The number of aromatic nitrogens is 1. The van der Waals surface area contributed by atoms with Gasteiger partial charge < -0.3 is 19.6 Å². The molecule has 5 aromatic rings. The minimum absolute atomic E-state index is 0. The second-order valence-electron chi connectivity index (χ2n) is 11.2. The first-order chi connectivity index (χ1) is 20.0. The Kier molecular flexibility index (Phi) is 6.39. The third-order valence-electron chi connectivity index (χ3n) is 8.80. The van der Waals surface area contributed by atoms with Gasteiger partial charge in [0, 0.05) is 43.7 Å². The van der Waals surface area contributed by atoms with Crippen LogP contribution in [0.25, 0.3) is 33.5 Å². The van der Waals surface area contributed by atoms with Gasteiger partial charge in [0.25, 0.3) is 6.85 Å². The summed E-state index contributed by atoms with van der Waals surface area (Å²) in [4.78, 5) is 11.6. The molecule has 8 rings (SSSR count). The fourth-order valence-corrected chi connectivity index (χ4v) is 6.54. The van der Waals surface area contributed by atoms with Crippen LogP contribution in [0.4, 0.5) is 17.1 Å². The van der Waals surface area contributed by atoms with Gasteiger partial charge >= 0.3 is 0 Å². The molecule has 4 aromatic carbocycles. The van der Waals surface area contributed by atoms with E-state index in [4.69, 9.17) is 4.98 Å². The first-order valence-electron chi connectivity index (χ1n) is 14.1. The number of fused-ring (bicyclic) bond motifs is 11. The van der Waals surface area contributed by atoms with Crippen molar-refractivity contribution in [1.82, 2.24) is 9.88 Å². The van der Waals surface area contributed by atoms with Crippen LogP contribution in [0.5, 0.6) is 0 Å². The molecule has 0 saturated heterocycles. The number of hydrogen-bond acceptors (Lipinski definition) is 4. The fourth-order valence-electron chi connectivity index (χ4n) is 6.54. The van der Waals surface area contributed by atoms with E-state index < -0.39 is 0 Å². The summed E-state index contributed by atoms with van der Waals surface area (Å²) >= 11 is 0. The molecule has 0 spiro atoms. The van der Waals surface area contributed by atoms with Crippen LogP contribution in [0.1, 0.15) is 19.4 Å². The van der Waals surface area contributed by atoms with Crippen LogP contribution >= 0.6 is 0 Å². The molecule has 0 bridgehead atoms. The molecular formula is C36H28BN4Pd-3. The van der Waals surface area contributed by atoms with Gasteiger partial charge in [0.1, 0.15) is 0 Å². The van der Waals surface area contributed by atoms with Crippen molar-refractivity contribution in [3.63, 3.8) is 0 Å². The Bertz CT molecular complexity index is 1920. The molecular weight excluding hydrogens is 606 g/mol. The van der Waals surface area contributed by atoms with Crippen LogP contribution in [-0.2, 0) is 20.4 Å². The van der Waals surface area contributed by atoms with Crippen molar-refractivity contribution >= 4 is 34.8 Å². The summed E-state index contributed by atoms with van der Waals surface area (Å²) in [7, 11) is 2.10. The molecule has 3 aliphatic rings. The standard InChI is InChI=1S/C36H28BN4.Pd/c1-23-17-18-38-34(19-23)26-13-15-28-30-9-5-7-11-35(30)41-36-12-8-6-10-31(36)29-16-14-27(21-33(29)37(41)32(28)20-26)40-22-39(4)24(2)25(40)3;/h5-19,22H,1-4H3;/q-3;. The monoisotopic (exact) mass is 633 g/mol. The molecule has 0 saturated carbocycles. The van der Waals surface area contributed by atoms with Crippen LogP contribution < -0.4 is 20.6 Å². The van der Waals surface area contributed by atoms with Gasteiger partial charge in [-0.1, -0.05) is 53.6 Å². The van der Waals surface area contributed by atoms with E-state index in [0.717, 1.165) is 27.9 Å². The average Bonchev–Trinajstić information content (AvgIpc) is 3.27.